The number of carbonyl (C=O) groups is 1. The molecule has 6 nitrogen and oxygen atoms in total. The fraction of sp³-hybridized carbons (Fsp3) is 0.750. The molecule has 0 aliphatic heterocycles. The molecule has 102 valence electrons. The molecule has 0 radical (unpaired) electrons. The molecule has 0 fully saturated rings. The lowest BCUT2D eigenvalue weighted by Gasteiger charge is -2.24. The second kappa shape index (κ2) is 5.37. The van der Waals surface area contributed by atoms with E-state index in [1.165, 1.54) is 0 Å². The van der Waals surface area contributed by atoms with E-state index in [2.05, 4.69) is 10.1 Å². The summed E-state index contributed by atoms with van der Waals surface area (Å²) < 4.78 is 7.05. The quantitative estimate of drug-likeness (QED) is 0.824. The van der Waals surface area contributed by atoms with Crippen LogP contribution >= 0.6 is 0 Å². The molecule has 0 saturated heterocycles. The Bertz CT molecular complexity index is 420. The predicted octanol–water partition coefficient (Wildman–Crippen LogP) is 1.76. The van der Waals surface area contributed by atoms with Crippen molar-refractivity contribution in [1.29, 1.82) is 0 Å². The SMILES string of the molecule is Cc1nc(C)n(CCN(C)C(=O)OC(C)(C)C)n1. The zero-order chi connectivity index (χ0) is 13.9. The lowest BCUT2D eigenvalue weighted by molar-refractivity contribution is 0.0292. The fourth-order valence-electron chi connectivity index (χ4n) is 1.45. The van der Waals surface area contributed by atoms with Crippen molar-refractivity contribution in [2.75, 3.05) is 13.6 Å². The van der Waals surface area contributed by atoms with E-state index in [4.69, 9.17) is 4.74 Å². The first kappa shape index (κ1) is 14.5. The first-order valence-electron chi connectivity index (χ1n) is 6.01. The third-order valence-corrected chi connectivity index (χ3v) is 2.31. The average Bonchev–Trinajstić information content (AvgIpc) is 2.51. The number of aromatic nitrogens is 3. The topological polar surface area (TPSA) is 60.2 Å². The second-order valence-corrected chi connectivity index (χ2v) is 5.33. The summed E-state index contributed by atoms with van der Waals surface area (Å²) in [7, 11) is 1.72. The molecule has 0 atom stereocenters. The van der Waals surface area contributed by atoms with Gasteiger partial charge in [0.1, 0.15) is 17.2 Å². The lowest BCUT2D eigenvalue weighted by atomic mass is 10.2. The Labute approximate surface area is 108 Å². The summed E-state index contributed by atoms with van der Waals surface area (Å²) in [6, 6.07) is 0. The first-order chi connectivity index (χ1) is 8.19. The van der Waals surface area contributed by atoms with Crippen molar-refractivity contribution in [3.05, 3.63) is 11.6 Å². The van der Waals surface area contributed by atoms with Crippen LogP contribution in [-0.2, 0) is 11.3 Å². The van der Waals surface area contributed by atoms with Gasteiger partial charge in [0.25, 0.3) is 0 Å². The Hall–Kier alpha value is -1.59. The molecule has 1 amide bonds. The highest BCUT2D eigenvalue weighted by Gasteiger charge is 2.19. The molecule has 1 heterocycles. The predicted molar refractivity (Wildman–Crippen MR) is 68.4 cm³/mol. The molecule has 0 bridgehead atoms. The normalized spacial score (nSPS) is 11.4. The van der Waals surface area contributed by atoms with Crippen LogP contribution in [0.15, 0.2) is 0 Å². The van der Waals surface area contributed by atoms with Gasteiger partial charge in [-0.05, 0) is 34.6 Å². The van der Waals surface area contributed by atoms with Crippen LogP contribution in [0.25, 0.3) is 0 Å². The van der Waals surface area contributed by atoms with Crippen molar-refractivity contribution in [2.45, 2.75) is 46.8 Å². The van der Waals surface area contributed by atoms with Crippen molar-refractivity contribution >= 4 is 6.09 Å². The summed E-state index contributed by atoms with van der Waals surface area (Å²) in [5.74, 6) is 1.59. The van der Waals surface area contributed by atoms with Gasteiger partial charge in [-0.3, -0.25) is 0 Å². The zero-order valence-corrected chi connectivity index (χ0v) is 12.0. The maximum absolute atomic E-state index is 11.7. The number of ether oxygens (including phenoxy) is 1. The van der Waals surface area contributed by atoms with E-state index >= 15 is 0 Å². The van der Waals surface area contributed by atoms with Crippen molar-refractivity contribution in [3.63, 3.8) is 0 Å². The summed E-state index contributed by atoms with van der Waals surface area (Å²) in [6.07, 6.45) is -0.322. The van der Waals surface area contributed by atoms with E-state index in [0.29, 0.717) is 13.1 Å². The molecule has 6 heteroatoms. The average molecular weight is 254 g/mol. The smallest absolute Gasteiger partial charge is 0.410 e. The Morgan fingerprint density at radius 2 is 2.00 bits per heavy atom. The lowest BCUT2D eigenvalue weighted by Crippen LogP contribution is -2.36. The number of hydrogen-bond acceptors (Lipinski definition) is 4. The zero-order valence-electron chi connectivity index (χ0n) is 12.0. The van der Waals surface area contributed by atoms with Gasteiger partial charge in [0.2, 0.25) is 0 Å². The molecule has 0 saturated carbocycles. The molecule has 18 heavy (non-hydrogen) atoms. The summed E-state index contributed by atoms with van der Waals surface area (Å²) in [5.41, 5.74) is -0.467. The molecule has 1 rings (SSSR count). The summed E-state index contributed by atoms with van der Waals surface area (Å²) in [4.78, 5) is 17.5. The van der Waals surface area contributed by atoms with Gasteiger partial charge in [0.05, 0.1) is 6.54 Å². The number of hydrogen-bond donors (Lipinski definition) is 0. The van der Waals surface area contributed by atoms with Gasteiger partial charge in [-0.15, -0.1) is 0 Å². The second-order valence-electron chi connectivity index (χ2n) is 5.33. The van der Waals surface area contributed by atoms with Gasteiger partial charge in [-0.2, -0.15) is 5.10 Å². The Morgan fingerprint density at radius 1 is 1.39 bits per heavy atom. The van der Waals surface area contributed by atoms with Crippen molar-refractivity contribution < 1.29 is 9.53 Å². The molecule has 0 spiro atoms. The van der Waals surface area contributed by atoms with Gasteiger partial charge in [0.15, 0.2) is 0 Å². The minimum absolute atomic E-state index is 0.322. The third-order valence-electron chi connectivity index (χ3n) is 2.31. The van der Waals surface area contributed by atoms with E-state index in [-0.39, 0.29) is 6.09 Å². The number of amides is 1. The molecule has 1 aromatic rings. The van der Waals surface area contributed by atoms with E-state index < -0.39 is 5.60 Å². The van der Waals surface area contributed by atoms with E-state index in [1.807, 2.05) is 34.6 Å². The number of nitrogens with zero attached hydrogens (tertiary/aromatic N) is 4. The molecule has 0 unspecified atom stereocenters. The first-order valence-corrected chi connectivity index (χ1v) is 6.01. The van der Waals surface area contributed by atoms with E-state index in [9.17, 15) is 4.79 Å². The number of carbonyl (C=O) groups excluding carboxylic acids is 1. The molecule has 0 aromatic carbocycles. The summed E-state index contributed by atoms with van der Waals surface area (Å²) in [5, 5.41) is 4.24. The monoisotopic (exact) mass is 254 g/mol. The van der Waals surface area contributed by atoms with Gasteiger partial charge in [0, 0.05) is 13.6 Å². The van der Waals surface area contributed by atoms with Crippen molar-refractivity contribution in [2.24, 2.45) is 0 Å². The summed E-state index contributed by atoms with van der Waals surface area (Å²) in [6.45, 7) is 10.5. The number of rotatable bonds is 3. The number of likely N-dealkylation sites (N-methyl/N-ethyl adjacent to an activating group) is 1. The van der Waals surface area contributed by atoms with Crippen LogP contribution < -0.4 is 0 Å². The maximum atomic E-state index is 11.7. The molecular formula is C12H22N4O2. The third kappa shape index (κ3) is 4.35. The highest BCUT2D eigenvalue weighted by Crippen LogP contribution is 2.09. The van der Waals surface area contributed by atoms with Crippen molar-refractivity contribution in [3.8, 4) is 0 Å². The van der Waals surface area contributed by atoms with Crippen LogP contribution in [0.1, 0.15) is 32.4 Å². The van der Waals surface area contributed by atoms with Crippen LogP contribution in [-0.4, -0.2) is 45.0 Å². The van der Waals surface area contributed by atoms with Gasteiger partial charge in [-0.25, -0.2) is 14.5 Å². The van der Waals surface area contributed by atoms with Crippen LogP contribution in [0, 0.1) is 13.8 Å². The largest absolute Gasteiger partial charge is 0.444 e. The Kier molecular flexibility index (Phi) is 4.32. The highest BCUT2D eigenvalue weighted by atomic mass is 16.6. The van der Waals surface area contributed by atoms with Crippen LogP contribution in [0.4, 0.5) is 4.79 Å². The van der Waals surface area contributed by atoms with E-state index in [1.54, 1.807) is 16.6 Å². The minimum Gasteiger partial charge on any atom is -0.444 e. The Morgan fingerprint density at radius 3 is 2.44 bits per heavy atom. The minimum atomic E-state index is -0.467. The number of aryl methyl sites for hydroxylation is 2. The van der Waals surface area contributed by atoms with Crippen LogP contribution in [0.2, 0.25) is 0 Å². The van der Waals surface area contributed by atoms with Crippen LogP contribution in [0.5, 0.6) is 0 Å². The maximum Gasteiger partial charge on any atom is 0.410 e. The fourth-order valence-corrected chi connectivity index (χ4v) is 1.45. The van der Waals surface area contributed by atoms with Gasteiger partial charge < -0.3 is 9.64 Å². The molecule has 0 N–H and O–H groups in total. The van der Waals surface area contributed by atoms with Gasteiger partial charge >= 0.3 is 6.09 Å². The standard InChI is InChI=1S/C12H22N4O2/c1-9-13-10(2)16(14-9)8-7-15(6)11(17)18-12(3,4)5/h7-8H2,1-6H3. The van der Waals surface area contributed by atoms with E-state index in [0.717, 1.165) is 11.6 Å². The molecule has 0 aliphatic rings. The molecular weight excluding hydrogens is 232 g/mol. The molecule has 1 aromatic heterocycles. The molecule has 0 aliphatic carbocycles. The van der Waals surface area contributed by atoms with Crippen molar-refractivity contribution in [1.82, 2.24) is 19.7 Å². The summed E-state index contributed by atoms with van der Waals surface area (Å²) >= 11 is 0. The van der Waals surface area contributed by atoms with Gasteiger partial charge in [-0.1, -0.05) is 0 Å². The highest BCUT2D eigenvalue weighted by molar-refractivity contribution is 5.67. The Balaban J connectivity index is 2.48. The van der Waals surface area contributed by atoms with Crippen LogP contribution in [0.3, 0.4) is 0 Å².